The molecule has 5 nitrogen and oxygen atoms in total. The van der Waals surface area contributed by atoms with Gasteiger partial charge < -0.3 is 19.6 Å². The summed E-state index contributed by atoms with van der Waals surface area (Å²) in [6, 6.07) is 0. The summed E-state index contributed by atoms with van der Waals surface area (Å²) in [6.45, 7) is 0.220. The van der Waals surface area contributed by atoms with Crippen molar-refractivity contribution in [3.63, 3.8) is 0 Å². The fourth-order valence-corrected chi connectivity index (χ4v) is 0.726. The Morgan fingerprint density at radius 3 is 2.50 bits per heavy atom. The van der Waals surface area contributed by atoms with Gasteiger partial charge in [0, 0.05) is 6.66 Å². The van der Waals surface area contributed by atoms with Gasteiger partial charge in [0.1, 0.15) is 6.10 Å². The van der Waals surface area contributed by atoms with Crippen LogP contribution in [-0.4, -0.2) is 41.1 Å². The maximum atomic E-state index is 10.4. The van der Waals surface area contributed by atoms with E-state index in [-0.39, 0.29) is 6.61 Å². The molecule has 6 heteroatoms. The summed E-state index contributed by atoms with van der Waals surface area (Å²) in [5.74, 6) is 0. The molecule has 0 aromatic rings. The number of rotatable bonds is 4. The summed E-state index contributed by atoms with van der Waals surface area (Å²) in [5.41, 5.74) is 0. The maximum absolute atomic E-state index is 10.4. The van der Waals surface area contributed by atoms with Crippen LogP contribution in [-0.2, 0) is 9.09 Å². The third-order valence-electron chi connectivity index (χ3n) is 0.717. The van der Waals surface area contributed by atoms with Crippen LogP contribution in [0, 0.1) is 0 Å². The monoisotopic (exact) mass is 170 g/mol. The molecule has 2 unspecified atom stereocenters. The Hall–Kier alpha value is 0.0700. The average molecular weight is 170 g/mol. The first-order valence-corrected chi connectivity index (χ1v) is 4.72. The third-order valence-corrected chi connectivity index (χ3v) is 1.35. The van der Waals surface area contributed by atoms with E-state index in [4.69, 9.17) is 15.1 Å². The molecule has 0 aromatic carbocycles. The van der Waals surface area contributed by atoms with Crippen molar-refractivity contribution in [3.05, 3.63) is 0 Å². The molecular weight excluding hydrogens is 159 g/mol. The van der Waals surface area contributed by atoms with Crippen molar-refractivity contribution in [3.8, 4) is 0 Å². The lowest BCUT2D eigenvalue weighted by Gasteiger charge is -2.09. The van der Waals surface area contributed by atoms with Crippen molar-refractivity contribution in [2.24, 2.45) is 0 Å². The van der Waals surface area contributed by atoms with Crippen LogP contribution >= 0.6 is 7.60 Å². The van der Waals surface area contributed by atoms with Gasteiger partial charge in [-0.25, -0.2) is 0 Å². The fourth-order valence-electron chi connectivity index (χ4n) is 0.277. The van der Waals surface area contributed by atoms with Gasteiger partial charge in [-0.05, 0) is 0 Å². The zero-order chi connectivity index (χ0) is 8.20. The highest BCUT2D eigenvalue weighted by Crippen LogP contribution is 2.36. The average Bonchev–Trinajstić information content (AvgIpc) is 1.81. The van der Waals surface area contributed by atoms with Crippen LogP contribution in [0.4, 0.5) is 0 Å². The van der Waals surface area contributed by atoms with E-state index in [1.807, 2.05) is 0 Å². The quantitative estimate of drug-likeness (QED) is 0.479. The lowest BCUT2D eigenvalue weighted by Crippen LogP contribution is -2.18. The topological polar surface area (TPSA) is 87.0 Å². The predicted octanol–water partition coefficient (Wildman–Crippen LogP) is -0.829. The lowest BCUT2D eigenvalue weighted by atomic mass is 10.4. The molecule has 0 amide bonds. The van der Waals surface area contributed by atoms with Crippen LogP contribution in [0.25, 0.3) is 0 Å². The van der Waals surface area contributed by atoms with Crippen LogP contribution in [0.2, 0.25) is 0 Å². The molecule has 62 valence electrons. The van der Waals surface area contributed by atoms with E-state index >= 15 is 0 Å². The highest BCUT2D eigenvalue weighted by Gasteiger charge is 2.12. The van der Waals surface area contributed by atoms with Crippen molar-refractivity contribution in [1.82, 2.24) is 0 Å². The van der Waals surface area contributed by atoms with Crippen LogP contribution in [0.1, 0.15) is 0 Å². The summed E-state index contributed by atoms with van der Waals surface area (Å²) >= 11 is 0. The van der Waals surface area contributed by atoms with E-state index in [0.29, 0.717) is 0 Å². The second-order valence-corrected chi connectivity index (χ2v) is 3.80. The van der Waals surface area contributed by atoms with Gasteiger partial charge >= 0.3 is 7.60 Å². The van der Waals surface area contributed by atoms with Crippen LogP contribution < -0.4 is 0 Å². The molecule has 0 saturated carbocycles. The Morgan fingerprint density at radius 2 is 2.20 bits per heavy atom. The molecular formula is C4H11O5P. The summed E-state index contributed by atoms with van der Waals surface area (Å²) in [4.78, 5) is 8.50. The normalized spacial score (nSPS) is 20.0. The van der Waals surface area contributed by atoms with Crippen molar-refractivity contribution < 1.29 is 24.2 Å². The number of hydrogen-bond acceptors (Lipinski definition) is 4. The van der Waals surface area contributed by atoms with Crippen LogP contribution in [0.5, 0.6) is 0 Å². The summed E-state index contributed by atoms with van der Waals surface area (Å²) < 4.78 is 14.7. The van der Waals surface area contributed by atoms with Gasteiger partial charge in [-0.1, -0.05) is 0 Å². The Morgan fingerprint density at radius 1 is 1.70 bits per heavy atom. The molecule has 0 saturated heterocycles. The van der Waals surface area contributed by atoms with E-state index in [0.717, 1.165) is 6.66 Å². The molecule has 0 aliphatic heterocycles. The second kappa shape index (κ2) is 4.05. The van der Waals surface area contributed by atoms with Gasteiger partial charge in [-0.2, -0.15) is 0 Å². The van der Waals surface area contributed by atoms with Crippen molar-refractivity contribution in [1.29, 1.82) is 0 Å². The first kappa shape index (κ1) is 10.1. The van der Waals surface area contributed by atoms with E-state index in [1.54, 1.807) is 0 Å². The van der Waals surface area contributed by atoms with E-state index in [9.17, 15) is 4.57 Å². The summed E-state index contributed by atoms with van der Waals surface area (Å²) in [5, 5.41) is 16.8. The van der Waals surface area contributed by atoms with E-state index in [1.165, 1.54) is 0 Å². The molecule has 0 spiro atoms. The van der Waals surface area contributed by atoms with Gasteiger partial charge in [0.25, 0.3) is 0 Å². The first-order chi connectivity index (χ1) is 4.45. The SMILES string of the molecule is CP(=O)(O)OCC(O)CO. The number of aliphatic hydroxyl groups excluding tert-OH is 2. The molecule has 3 N–H and O–H groups in total. The van der Waals surface area contributed by atoms with Crippen LogP contribution in [0.15, 0.2) is 0 Å². The Bertz CT molecular complexity index is 130. The summed E-state index contributed by atoms with van der Waals surface area (Å²) in [6.07, 6.45) is -1.08. The number of hydrogen-bond donors (Lipinski definition) is 3. The second-order valence-electron chi connectivity index (χ2n) is 1.94. The highest BCUT2D eigenvalue weighted by atomic mass is 31.2. The van der Waals surface area contributed by atoms with Crippen LogP contribution in [0.3, 0.4) is 0 Å². The largest absolute Gasteiger partial charge is 0.394 e. The molecule has 0 radical (unpaired) electrons. The molecule has 0 fully saturated rings. The minimum absolute atomic E-state index is 0.319. The third kappa shape index (κ3) is 6.19. The Kier molecular flexibility index (Phi) is 4.08. The van der Waals surface area contributed by atoms with Gasteiger partial charge in [-0.3, -0.25) is 4.57 Å². The molecule has 0 aromatic heterocycles. The minimum atomic E-state index is -3.50. The molecule has 0 aliphatic rings. The Balaban J connectivity index is 3.46. The molecule has 10 heavy (non-hydrogen) atoms. The van der Waals surface area contributed by atoms with Crippen molar-refractivity contribution in [2.45, 2.75) is 6.10 Å². The van der Waals surface area contributed by atoms with Gasteiger partial charge in [-0.15, -0.1) is 0 Å². The summed E-state index contributed by atoms with van der Waals surface area (Å²) in [7, 11) is -3.50. The van der Waals surface area contributed by atoms with Crippen molar-refractivity contribution >= 4 is 7.60 Å². The van der Waals surface area contributed by atoms with Gasteiger partial charge in [0.15, 0.2) is 0 Å². The minimum Gasteiger partial charge on any atom is -0.394 e. The zero-order valence-corrected chi connectivity index (χ0v) is 6.49. The highest BCUT2D eigenvalue weighted by molar-refractivity contribution is 7.51. The Labute approximate surface area is 58.8 Å². The molecule has 0 bridgehead atoms. The molecule has 0 rings (SSSR count). The molecule has 0 aliphatic carbocycles. The smallest absolute Gasteiger partial charge is 0.325 e. The number of aliphatic hydroxyl groups is 2. The first-order valence-electron chi connectivity index (χ1n) is 2.69. The van der Waals surface area contributed by atoms with Crippen molar-refractivity contribution in [2.75, 3.05) is 19.9 Å². The zero-order valence-electron chi connectivity index (χ0n) is 5.60. The molecule has 0 heterocycles. The lowest BCUT2D eigenvalue weighted by molar-refractivity contribution is 0.0502. The predicted molar refractivity (Wildman–Crippen MR) is 34.8 cm³/mol. The van der Waals surface area contributed by atoms with Gasteiger partial charge in [0.2, 0.25) is 0 Å². The fraction of sp³-hybridized carbons (Fsp3) is 1.00. The van der Waals surface area contributed by atoms with E-state index in [2.05, 4.69) is 4.52 Å². The van der Waals surface area contributed by atoms with Gasteiger partial charge in [0.05, 0.1) is 13.2 Å². The maximum Gasteiger partial charge on any atom is 0.325 e. The molecule has 2 atom stereocenters. The standard InChI is InChI=1S/C4H11O5P/c1-10(7,8)9-3-4(6)2-5/h4-6H,2-3H2,1H3,(H,7,8). The van der Waals surface area contributed by atoms with E-state index < -0.39 is 20.3 Å².